The van der Waals surface area contributed by atoms with Crippen LogP contribution < -0.4 is 5.73 Å². The van der Waals surface area contributed by atoms with Crippen LogP contribution in [0.25, 0.3) is 0 Å². The summed E-state index contributed by atoms with van der Waals surface area (Å²) in [6, 6.07) is 0. The predicted molar refractivity (Wildman–Crippen MR) is 63.0 cm³/mol. The van der Waals surface area contributed by atoms with Crippen LogP contribution in [-0.2, 0) is 16.0 Å². The van der Waals surface area contributed by atoms with E-state index in [-0.39, 0.29) is 22.1 Å². The molecule has 94 valence electrons. The Morgan fingerprint density at radius 3 is 2.53 bits per heavy atom. The van der Waals surface area contributed by atoms with E-state index in [4.69, 9.17) is 15.6 Å². The van der Waals surface area contributed by atoms with Crippen LogP contribution in [-0.4, -0.2) is 27.6 Å². The first-order valence-corrected chi connectivity index (χ1v) is 5.71. The van der Waals surface area contributed by atoms with Gasteiger partial charge in [0.05, 0.1) is 12.1 Å². The molecule has 0 aliphatic carbocycles. The van der Waals surface area contributed by atoms with Crippen LogP contribution in [0.1, 0.15) is 36.3 Å². The van der Waals surface area contributed by atoms with Crippen molar-refractivity contribution in [3.63, 3.8) is 0 Å². The summed E-state index contributed by atoms with van der Waals surface area (Å²) < 4.78 is 5.10. The number of hydrogen-bond acceptors (Lipinski definition) is 6. The zero-order chi connectivity index (χ0) is 13.2. The summed E-state index contributed by atoms with van der Waals surface area (Å²) in [4.78, 5) is 26.0. The maximum absolute atomic E-state index is 11.6. The summed E-state index contributed by atoms with van der Waals surface area (Å²) in [7, 11) is 0. The topological polar surface area (TPSA) is 103 Å². The smallest absolute Gasteiger partial charge is 0.368 e. The third kappa shape index (κ3) is 4.03. The van der Waals surface area contributed by atoms with Crippen LogP contribution in [0.4, 0.5) is 5.00 Å². The summed E-state index contributed by atoms with van der Waals surface area (Å²) in [6.45, 7) is 5.21. The minimum Gasteiger partial charge on any atom is -0.481 e. The van der Waals surface area contributed by atoms with Crippen LogP contribution in [0.5, 0.6) is 0 Å². The monoisotopic (exact) mass is 258 g/mol. The Morgan fingerprint density at radius 1 is 1.47 bits per heavy atom. The Kier molecular flexibility index (Phi) is 3.72. The fourth-order valence-electron chi connectivity index (χ4n) is 1.04. The van der Waals surface area contributed by atoms with Gasteiger partial charge in [0, 0.05) is 0 Å². The molecule has 0 spiro atoms. The van der Waals surface area contributed by atoms with Crippen molar-refractivity contribution in [1.82, 2.24) is 4.98 Å². The van der Waals surface area contributed by atoms with E-state index in [1.54, 1.807) is 20.8 Å². The summed E-state index contributed by atoms with van der Waals surface area (Å²) in [5, 5.41) is 8.93. The molecule has 0 saturated heterocycles. The largest absolute Gasteiger partial charge is 0.481 e. The fourth-order valence-corrected chi connectivity index (χ4v) is 1.77. The van der Waals surface area contributed by atoms with E-state index in [1.807, 2.05) is 0 Å². The Morgan fingerprint density at radius 2 is 2.06 bits per heavy atom. The first-order chi connectivity index (χ1) is 7.69. The molecule has 0 aliphatic rings. The Balaban J connectivity index is 2.86. The summed E-state index contributed by atoms with van der Waals surface area (Å²) in [6.07, 6.45) is -0.300. The molecule has 1 rings (SSSR count). The minimum absolute atomic E-state index is 0.0775. The molecule has 7 heteroatoms. The predicted octanol–water partition coefficient (Wildman–Crippen LogP) is 1.31. The number of nitrogens with two attached hydrogens (primary N) is 1. The highest BCUT2D eigenvalue weighted by Crippen LogP contribution is 2.23. The Hall–Kier alpha value is -1.63. The van der Waals surface area contributed by atoms with Gasteiger partial charge < -0.3 is 15.6 Å². The van der Waals surface area contributed by atoms with E-state index in [2.05, 4.69) is 4.98 Å². The number of aromatic nitrogens is 1. The van der Waals surface area contributed by atoms with Crippen molar-refractivity contribution < 1.29 is 19.4 Å². The normalized spacial score (nSPS) is 11.2. The van der Waals surface area contributed by atoms with Crippen LogP contribution >= 0.6 is 11.3 Å². The molecule has 1 heterocycles. The molecule has 3 N–H and O–H groups in total. The number of carboxylic acid groups (broad SMARTS) is 1. The van der Waals surface area contributed by atoms with Gasteiger partial charge in [-0.15, -0.1) is 0 Å². The molecular formula is C10H14N2O4S. The quantitative estimate of drug-likeness (QED) is 0.792. The molecule has 0 fully saturated rings. The molecular weight excluding hydrogens is 244 g/mol. The number of nitrogens with zero attached hydrogens (tertiary/aromatic N) is 1. The number of anilines is 1. The highest BCUT2D eigenvalue weighted by Gasteiger charge is 2.22. The molecule has 1 aromatic heterocycles. The molecule has 0 aromatic carbocycles. The third-order valence-corrected chi connectivity index (χ3v) is 2.53. The van der Waals surface area contributed by atoms with Gasteiger partial charge in [-0.05, 0) is 20.8 Å². The second-order valence-corrected chi connectivity index (χ2v) is 5.43. The highest BCUT2D eigenvalue weighted by atomic mass is 32.1. The lowest BCUT2D eigenvalue weighted by molar-refractivity contribution is -0.136. The zero-order valence-corrected chi connectivity index (χ0v) is 10.6. The molecule has 17 heavy (non-hydrogen) atoms. The van der Waals surface area contributed by atoms with Crippen LogP contribution in [0, 0.1) is 0 Å². The average Bonchev–Trinajstić information content (AvgIpc) is 2.44. The first-order valence-electron chi connectivity index (χ1n) is 4.89. The molecule has 0 saturated carbocycles. The van der Waals surface area contributed by atoms with Gasteiger partial charge in [0.2, 0.25) is 5.01 Å². The van der Waals surface area contributed by atoms with Crippen molar-refractivity contribution in [3.05, 3.63) is 10.7 Å². The van der Waals surface area contributed by atoms with Gasteiger partial charge in [-0.2, -0.15) is 0 Å². The summed E-state index contributed by atoms with van der Waals surface area (Å²) in [5.74, 6) is -1.64. The van der Waals surface area contributed by atoms with Crippen LogP contribution in [0.15, 0.2) is 0 Å². The number of carbonyl (C=O) groups excluding carboxylic acids is 1. The van der Waals surface area contributed by atoms with Gasteiger partial charge in [-0.25, -0.2) is 9.78 Å². The number of ether oxygens (including phenoxy) is 1. The van der Waals surface area contributed by atoms with Gasteiger partial charge in [0.15, 0.2) is 0 Å². The van der Waals surface area contributed by atoms with Gasteiger partial charge in [0.25, 0.3) is 0 Å². The molecule has 6 nitrogen and oxygen atoms in total. The Labute approximate surface area is 102 Å². The maximum atomic E-state index is 11.6. The summed E-state index contributed by atoms with van der Waals surface area (Å²) in [5.41, 5.74) is 5.15. The van der Waals surface area contributed by atoms with Gasteiger partial charge in [-0.3, -0.25) is 4.79 Å². The van der Waals surface area contributed by atoms with E-state index in [9.17, 15) is 9.59 Å². The number of hydrogen-bond donors (Lipinski definition) is 2. The lowest BCUT2D eigenvalue weighted by Gasteiger charge is -2.18. The van der Waals surface area contributed by atoms with E-state index < -0.39 is 17.5 Å². The van der Waals surface area contributed by atoms with Gasteiger partial charge in [0.1, 0.15) is 10.6 Å². The number of carbonyl (C=O) groups is 2. The first kappa shape index (κ1) is 13.4. The number of esters is 1. The van der Waals surface area contributed by atoms with E-state index in [0.29, 0.717) is 0 Å². The van der Waals surface area contributed by atoms with E-state index >= 15 is 0 Å². The zero-order valence-electron chi connectivity index (χ0n) is 9.81. The molecule has 0 aliphatic heterocycles. The van der Waals surface area contributed by atoms with Crippen molar-refractivity contribution in [1.29, 1.82) is 0 Å². The third-order valence-electron chi connectivity index (χ3n) is 1.62. The van der Waals surface area contributed by atoms with E-state index in [1.165, 1.54) is 0 Å². The van der Waals surface area contributed by atoms with E-state index in [0.717, 1.165) is 11.3 Å². The molecule has 0 amide bonds. The van der Waals surface area contributed by atoms with Gasteiger partial charge >= 0.3 is 11.9 Å². The van der Waals surface area contributed by atoms with Crippen LogP contribution in [0.2, 0.25) is 0 Å². The fraction of sp³-hybridized carbons (Fsp3) is 0.500. The Bertz CT molecular complexity index is 448. The molecule has 0 unspecified atom stereocenters. The summed E-state index contributed by atoms with van der Waals surface area (Å²) >= 11 is 0.934. The van der Waals surface area contributed by atoms with Gasteiger partial charge in [-0.1, -0.05) is 11.3 Å². The number of rotatable bonds is 3. The van der Waals surface area contributed by atoms with Crippen molar-refractivity contribution >= 4 is 28.3 Å². The average molecular weight is 258 g/mol. The minimum atomic E-state index is -1.04. The second kappa shape index (κ2) is 4.70. The number of nitrogen functional groups attached to an aromatic ring is 1. The lowest BCUT2D eigenvalue weighted by Crippen LogP contribution is -2.23. The molecule has 0 atom stereocenters. The number of carboxylic acids is 1. The van der Waals surface area contributed by atoms with Crippen molar-refractivity contribution in [2.24, 2.45) is 0 Å². The molecule has 0 radical (unpaired) electrons. The SMILES string of the molecule is CC(C)(C)OC(=O)c1nc(CC(=O)O)c(N)s1. The number of thiazole rings is 1. The number of aliphatic carboxylic acids is 1. The van der Waals surface area contributed by atoms with Crippen molar-refractivity contribution in [3.8, 4) is 0 Å². The molecule has 1 aromatic rings. The van der Waals surface area contributed by atoms with Crippen molar-refractivity contribution in [2.75, 3.05) is 5.73 Å². The molecule has 0 bridgehead atoms. The lowest BCUT2D eigenvalue weighted by atomic mass is 10.2. The van der Waals surface area contributed by atoms with Crippen molar-refractivity contribution in [2.45, 2.75) is 32.8 Å². The standard InChI is InChI=1S/C10H14N2O4S/c1-10(2,3)16-9(15)8-12-5(4-6(13)14)7(11)17-8/h4,11H2,1-3H3,(H,13,14). The highest BCUT2D eigenvalue weighted by molar-refractivity contribution is 7.17. The maximum Gasteiger partial charge on any atom is 0.368 e. The van der Waals surface area contributed by atoms with Crippen LogP contribution in [0.3, 0.4) is 0 Å². The second-order valence-electron chi connectivity index (χ2n) is 4.40.